The van der Waals surface area contributed by atoms with Crippen LogP contribution < -0.4 is 10.6 Å². The van der Waals surface area contributed by atoms with E-state index in [2.05, 4.69) is 34.7 Å². The number of hydrogen-bond donors (Lipinski definition) is 2. The first kappa shape index (κ1) is 20.7. The highest BCUT2D eigenvalue weighted by Crippen LogP contribution is 2.26. The number of anilines is 1. The molecule has 0 radical (unpaired) electrons. The molecule has 1 atom stereocenters. The van der Waals surface area contributed by atoms with Crippen molar-refractivity contribution in [2.24, 2.45) is 16.1 Å². The standard InChI is InChI=1S/C17H20Cl2N4O2S/c1-9(2)6-10(3)22-23-17-21-16(25)14(26-17)8-15(24)20-11-4-5-12(18)13(19)7-11/h4-5,7,9,14H,6,8H2,1-3H3,(H,20,24)(H,21,23,25). The number of benzene rings is 1. The molecule has 2 rings (SSSR count). The Bertz CT molecular complexity index is 765. The molecule has 1 aromatic carbocycles. The molecule has 0 saturated carbocycles. The predicted molar refractivity (Wildman–Crippen MR) is 109 cm³/mol. The van der Waals surface area contributed by atoms with Crippen LogP contribution in [0.1, 0.15) is 33.6 Å². The number of carbonyl (C=O) groups is 2. The Morgan fingerprint density at radius 2 is 2.08 bits per heavy atom. The molecule has 140 valence electrons. The fraction of sp³-hybridized carbons (Fsp3) is 0.412. The molecule has 0 spiro atoms. The van der Waals surface area contributed by atoms with E-state index in [1.165, 1.54) is 11.8 Å². The average Bonchev–Trinajstić information content (AvgIpc) is 2.88. The molecule has 0 aliphatic carbocycles. The van der Waals surface area contributed by atoms with Gasteiger partial charge < -0.3 is 10.6 Å². The number of amides is 2. The number of nitrogens with zero attached hydrogens (tertiary/aromatic N) is 2. The van der Waals surface area contributed by atoms with Gasteiger partial charge in [-0.15, -0.1) is 5.10 Å². The maximum atomic E-state index is 12.2. The molecule has 1 saturated heterocycles. The van der Waals surface area contributed by atoms with E-state index < -0.39 is 5.25 Å². The van der Waals surface area contributed by atoms with Gasteiger partial charge in [-0.25, -0.2) is 0 Å². The molecule has 1 heterocycles. The van der Waals surface area contributed by atoms with Gasteiger partial charge in [-0.1, -0.05) is 48.8 Å². The number of carbonyl (C=O) groups excluding carboxylic acids is 2. The average molecular weight is 415 g/mol. The summed E-state index contributed by atoms with van der Waals surface area (Å²) in [5, 5.41) is 14.1. The van der Waals surface area contributed by atoms with E-state index >= 15 is 0 Å². The number of nitrogens with one attached hydrogen (secondary N) is 2. The van der Waals surface area contributed by atoms with E-state index in [9.17, 15) is 9.59 Å². The number of amidine groups is 1. The van der Waals surface area contributed by atoms with E-state index in [0.29, 0.717) is 26.8 Å². The summed E-state index contributed by atoms with van der Waals surface area (Å²) in [6, 6.07) is 4.80. The molecule has 26 heavy (non-hydrogen) atoms. The van der Waals surface area contributed by atoms with Crippen molar-refractivity contribution in [3.8, 4) is 0 Å². The maximum Gasteiger partial charge on any atom is 0.240 e. The Morgan fingerprint density at radius 3 is 2.73 bits per heavy atom. The van der Waals surface area contributed by atoms with Crippen molar-refractivity contribution in [2.75, 3.05) is 5.32 Å². The summed E-state index contributed by atoms with van der Waals surface area (Å²) in [4.78, 5) is 24.2. The van der Waals surface area contributed by atoms with Crippen LogP contribution in [0.4, 0.5) is 5.69 Å². The summed E-state index contributed by atoms with van der Waals surface area (Å²) >= 11 is 13.0. The zero-order chi connectivity index (χ0) is 19.3. The van der Waals surface area contributed by atoms with Crippen molar-refractivity contribution in [2.45, 2.75) is 38.9 Å². The van der Waals surface area contributed by atoms with Crippen molar-refractivity contribution in [3.05, 3.63) is 28.2 Å². The van der Waals surface area contributed by atoms with Crippen molar-refractivity contribution >= 4 is 63.3 Å². The van der Waals surface area contributed by atoms with Crippen LogP contribution in [0.2, 0.25) is 10.0 Å². The first-order valence-corrected chi connectivity index (χ1v) is 9.71. The highest BCUT2D eigenvalue weighted by atomic mass is 35.5. The topological polar surface area (TPSA) is 82.9 Å². The number of hydrogen-bond acceptors (Lipinski definition) is 5. The molecular weight excluding hydrogens is 395 g/mol. The first-order valence-electron chi connectivity index (χ1n) is 8.08. The van der Waals surface area contributed by atoms with Crippen LogP contribution in [0.25, 0.3) is 0 Å². The van der Waals surface area contributed by atoms with Crippen LogP contribution in [-0.2, 0) is 9.59 Å². The number of rotatable bonds is 6. The number of thioether (sulfide) groups is 1. The van der Waals surface area contributed by atoms with Gasteiger partial charge >= 0.3 is 0 Å². The van der Waals surface area contributed by atoms with Crippen molar-refractivity contribution in [1.82, 2.24) is 5.32 Å². The van der Waals surface area contributed by atoms with Gasteiger partial charge in [0.05, 0.1) is 10.0 Å². The van der Waals surface area contributed by atoms with Crippen LogP contribution in [0, 0.1) is 5.92 Å². The van der Waals surface area contributed by atoms with Gasteiger partial charge in [0.15, 0.2) is 5.17 Å². The van der Waals surface area contributed by atoms with Crippen LogP contribution in [-0.4, -0.2) is 27.9 Å². The molecule has 1 fully saturated rings. The van der Waals surface area contributed by atoms with Gasteiger partial charge in [0.1, 0.15) is 5.25 Å². The van der Waals surface area contributed by atoms with Crippen molar-refractivity contribution in [1.29, 1.82) is 0 Å². The smallest absolute Gasteiger partial charge is 0.240 e. The van der Waals surface area contributed by atoms with Crippen LogP contribution in [0.15, 0.2) is 28.4 Å². The third-order valence-corrected chi connectivity index (χ3v) is 5.18. The minimum Gasteiger partial charge on any atom is -0.326 e. The Kier molecular flexibility index (Phi) is 7.49. The zero-order valence-corrected chi connectivity index (χ0v) is 17.0. The summed E-state index contributed by atoms with van der Waals surface area (Å²) in [6.07, 6.45) is 0.856. The lowest BCUT2D eigenvalue weighted by Gasteiger charge is -2.08. The SMILES string of the molecule is CC(CC(C)C)=N/N=C1/NC(=O)C(CC(=O)Nc2ccc(Cl)c(Cl)c2)S1. The largest absolute Gasteiger partial charge is 0.326 e. The molecule has 1 unspecified atom stereocenters. The summed E-state index contributed by atoms with van der Waals surface area (Å²) in [5.41, 5.74) is 1.42. The zero-order valence-electron chi connectivity index (χ0n) is 14.7. The molecular formula is C17H20Cl2N4O2S. The molecule has 1 aliphatic rings. The Hall–Kier alpha value is -1.57. The second-order valence-corrected chi connectivity index (χ2v) is 8.32. The van der Waals surface area contributed by atoms with E-state index in [1.54, 1.807) is 18.2 Å². The third kappa shape index (κ3) is 6.30. The van der Waals surface area contributed by atoms with E-state index in [1.807, 2.05) is 6.92 Å². The van der Waals surface area contributed by atoms with E-state index in [4.69, 9.17) is 23.2 Å². The van der Waals surface area contributed by atoms with Crippen molar-refractivity contribution in [3.63, 3.8) is 0 Å². The quantitative estimate of drug-likeness (QED) is 0.536. The van der Waals surface area contributed by atoms with Crippen molar-refractivity contribution < 1.29 is 9.59 Å². The molecule has 2 N–H and O–H groups in total. The minimum atomic E-state index is -0.544. The lowest BCUT2D eigenvalue weighted by molar-refractivity contribution is -0.122. The highest BCUT2D eigenvalue weighted by Gasteiger charge is 2.32. The molecule has 2 amide bonds. The molecule has 0 bridgehead atoms. The van der Waals surface area contributed by atoms with Crippen LogP contribution in [0.3, 0.4) is 0 Å². The Morgan fingerprint density at radius 1 is 1.35 bits per heavy atom. The second-order valence-electron chi connectivity index (χ2n) is 6.32. The number of halogens is 2. The first-order chi connectivity index (χ1) is 12.2. The molecule has 1 aliphatic heterocycles. The summed E-state index contributed by atoms with van der Waals surface area (Å²) < 4.78 is 0. The van der Waals surface area contributed by atoms with E-state index in [-0.39, 0.29) is 18.2 Å². The monoisotopic (exact) mass is 414 g/mol. The summed E-state index contributed by atoms with van der Waals surface area (Å²) in [5.74, 6) is -0.0610. The molecule has 9 heteroatoms. The summed E-state index contributed by atoms with van der Waals surface area (Å²) in [7, 11) is 0. The van der Waals surface area contributed by atoms with Crippen LogP contribution >= 0.6 is 35.0 Å². The predicted octanol–water partition coefficient (Wildman–Crippen LogP) is 4.33. The molecule has 0 aromatic heterocycles. The minimum absolute atomic E-state index is 0.0183. The molecule has 6 nitrogen and oxygen atoms in total. The second kappa shape index (κ2) is 9.39. The van der Waals surface area contributed by atoms with Crippen LogP contribution in [0.5, 0.6) is 0 Å². The van der Waals surface area contributed by atoms with E-state index in [0.717, 1.165) is 12.1 Å². The fourth-order valence-corrected chi connectivity index (χ4v) is 3.52. The van der Waals surface area contributed by atoms with Gasteiger partial charge in [0, 0.05) is 17.8 Å². The van der Waals surface area contributed by atoms with Gasteiger partial charge in [-0.3, -0.25) is 9.59 Å². The Labute approximate surface area is 166 Å². The summed E-state index contributed by atoms with van der Waals surface area (Å²) in [6.45, 7) is 6.09. The van der Waals surface area contributed by atoms with Gasteiger partial charge in [0.2, 0.25) is 11.8 Å². The lowest BCUT2D eigenvalue weighted by Crippen LogP contribution is -2.28. The highest BCUT2D eigenvalue weighted by molar-refractivity contribution is 8.15. The normalized spacial score (nSPS) is 19.2. The lowest BCUT2D eigenvalue weighted by atomic mass is 10.1. The molecule has 1 aromatic rings. The maximum absolute atomic E-state index is 12.2. The van der Waals surface area contributed by atoms with Gasteiger partial charge in [0.25, 0.3) is 0 Å². The van der Waals surface area contributed by atoms with Gasteiger partial charge in [-0.2, -0.15) is 5.10 Å². The fourth-order valence-electron chi connectivity index (χ4n) is 2.30. The Balaban J connectivity index is 1.92. The van der Waals surface area contributed by atoms with Gasteiger partial charge in [-0.05, 0) is 37.5 Å². The third-order valence-electron chi connectivity index (χ3n) is 3.37.